The Morgan fingerprint density at radius 3 is 2.37 bits per heavy atom. The Labute approximate surface area is 113 Å². The molecule has 0 aromatic heterocycles. The lowest BCUT2D eigenvalue weighted by atomic mass is 9.97. The highest BCUT2D eigenvalue weighted by Crippen LogP contribution is 2.21. The minimum absolute atomic E-state index is 0.0838. The van der Waals surface area contributed by atoms with Crippen molar-refractivity contribution in [3.63, 3.8) is 0 Å². The minimum Gasteiger partial charge on any atom is -0.445 e. The number of hydrogen-bond acceptors (Lipinski definition) is 3. The number of carbonyl (C=O) groups excluding carboxylic acids is 2. The third kappa shape index (κ3) is 3.34. The minimum atomic E-state index is -0.337. The number of carbonyl (C=O) groups is 2. The van der Waals surface area contributed by atoms with Crippen LogP contribution in [0.2, 0.25) is 0 Å². The summed E-state index contributed by atoms with van der Waals surface area (Å²) in [5.41, 5.74) is 0.962. The van der Waals surface area contributed by atoms with E-state index in [0.717, 1.165) is 5.56 Å². The number of piperidine rings is 1. The first-order valence-electron chi connectivity index (χ1n) is 6.58. The van der Waals surface area contributed by atoms with Crippen molar-refractivity contribution in [1.29, 1.82) is 0 Å². The summed E-state index contributed by atoms with van der Waals surface area (Å²) in [4.78, 5) is 25.2. The summed E-state index contributed by atoms with van der Waals surface area (Å²) < 4.78 is 5.32. The summed E-state index contributed by atoms with van der Waals surface area (Å²) in [5.74, 6) is 0.215. The molecule has 1 heterocycles. The quantitative estimate of drug-likeness (QED) is 0.822. The maximum atomic E-state index is 12.1. The number of ketones is 1. The van der Waals surface area contributed by atoms with Crippen molar-refractivity contribution in [3.8, 4) is 0 Å². The number of hydrogen-bond donors (Lipinski definition) is 0. The Morgan fingerprint density at radius 1 is 1.21 bits per heavy atom. The number of Topliss-reactive ketones (excluding diaryl/α,β-unsaturated/α-hetero) is 1. The zero-order chi connectivity index (χ0) is 13.8. The second-order valence-corrected chi connectivity index (χ2v) is 5.09. The summed E-state index contributed by atoms with van der Waals surface area (Å²) in [6.07, 6.45) is 0.506. The Kier molecular flexibility index (Phi) is 4.20. The van der Waals surface area contributed by atoms with Gasteiger partial charge >= 0.3 is 6.09 Å². The van der Waals surface area contributed by atoms with Crippen LogP contribution >= 0.6 is 0 Å². The van der Waals surface area contributed by atoms with Crippen LogP contribution in [-0.2, 0) is 16.1 Å². The van der Waals surface area contributed by atoms with E-state index in [-0.39, 0.29) is 30.6 Å². The first-order chi connectivity index (χ1) is 9.08. The molecule has 1 aromatic carbocycles. The Bertz CT molecular complexity index is 444. The Balaban J connectivity index is 1.94. The van der Waals surface area contributed by atoms with Gasteiger partial charge in [0.05, 0.1) is 0 Å². The number of nitrogens with zero attached hydrogens (tertiary/aromatic N) is 1. The van der Waals surface area contributed by atoms with E-state index in [0.29, 0.717) is 12.8 Å². The van der Waals surface area contributed by atoms with Crippen LogP contribution < -0.4 is 0 Å². The van der Waals surface area contributed by atoms with Gasteiger partial charge in [-0.25, -0.2) is 4.79 Å². The summed E-state index contributed by atoms with van der Waals surface area (Å²) in [5, 5.41) is 0. The van der Waals surface area contributed by atoms with Gasteiger partial charge < -0.3 is 9.64 Å². The van der Waals surface area contributed by atoms with Gasteiger partial charge in [-0.1, -0.05) is 30.3 Å². The second kappa shape index (κ2) is 5.87. The summed E-state index contributed by atoms with van der Waals surface area (Å²) in [6, 6.07) is 9.41. The van der Waals surface area contributed by atoms with E-state index >= 15 is 0 Å². The van der Waals surface area contributed by atoms with Crippen LogP contribution in [0.25, 0.3) is 0 Å². The van der Waals surface area contributed by atoms with Crippen LogP contribution in [0.5, 0.6) is 0 Å². The SMILES string of the molecule is CC1CC(=O)CC(C)N1C(=O)OCc1ccccc1. The number of ether oxygens (including phenoxy) is 1. The number of amides is 1. The zero-order valence-electron chi connectivity index (χ0n) is 11.3. The molecule has 4 heteroatoms. The van der Waals surface area contributed by atoms with Gasteiger partial charge in [-0.15, -0.1) is 0 Å². The van der Waals surface area contributed by atoms with Gasteiger partial charge in [0.1, 0.15) is 12.4 Å². The lowest BCUT2D eigenvalue weighted by molar-refractivity contribution is -0.124. The van der Waals surface area contributed by atoms with Gasteiger partial charge in [0, 0.05) is 24.9 Å². The molecular weight excluding hydrogens is 242 g/mol. The Morgan fingerprint density at radius 2 is 1.79 bits per heavy atom. The van der Waals surface area contributed by atoms with Crippen molar-refractivity contribution in [2.75, 3.05) is 0 Å². The highest BCUT2D eigenvalue weighted by Gasteiger charge is 2.33. The largest absolute Gasteiger partial charge is 0.445 e. The maximum Gasteiger partial charge on any atom is 0.410 e. The zero-order valence-corrected chi connectivity index (χ0v) is 11.3. The number of rotatable bonds is 2. The van der Waals surface area contributed by atoms with E-state index in [1.165, 1.54) is 0 Å². The topological polar surface area (TPSA) is 46.6 Å². The van der Waals surface area contributed by atoms with E-state index in [9.17, 15) is 9.59 Å². The average molecular weight is 261 g/mol. The predicted molar refractivity (Wildman–Crippen MR) is 71.6 cm³/mol. The molecule has 0 bridgehead atoms. The lowest BCUT2D eigenvalue weighted by Gasteiger charge is -2.37. The van der Waals surface area contributed by atoms with Gasteiger partial charge in [-0.05, 0) is 19.4 Å². The highest BCUT2D eigenvalue weighted by molar-refractivity contribution is 5.82. The van der Waals surface area contributed by atoms with Crippen LogP contribution in [0.4, 0.5) is 4.79 Å². The normalized spacial score (nSPS) is 23.3. The van der Waals surface area contributed by atoms with Gasteiger partial charge in [-0.2, -0.15) is 0 Å². The average Bonchev–Trinajstić information content (AvgIpc) is 2.36. The maximum absolute atomic E-state index is 12.1. The molecule has 0 saturated carbocycles. The van der Waals surface area contributed by atoms with E-state index in [2.05, 4.69) is 0 Å². The van der Waals surface area contributed by atoms with Crippen molar-refractivity contribution in [1.82, 2.24) is 4.90 Å². The molecule has 0 spiro atoms. The molecule has 0 N–H and O–H groups in total. The highest BCUT2D eigenvalue weighted by atomic mass is 16.6. The molecular formula is C15H19NO3. The molecule has 2 rings (SSSR count). The van der Waals surface area contributed by atoms with Crippen molar-refractivity contribution < 1.29 is 14.3 Å². The third-order valence-electron chi connectivity index (χ3n) is 3.41. The molecule has 102 valence electrons. The molecule has 1 amide bonds. The van der Waals surface area contributed by atoms with Crippen LogP contribution in [0.3, 0.4) is 0 Å². The molecule has 0 aliphatic carbocycles. The summed E-state index contributed by atoms with van der Waals surface area (Å²) in [7, 11) is 0. The molecule has 1 saturated heterocycles. The van der Waals surface area contributed by atoms with Crippen LogP contribution in [-0.4, -0.2) is 28.9 Å². The number of likely N-dealkylation sites (tertiary alicyclic amines) is 1. The molecule has 19 heavy (non-hydrogen) atoms. The summed E-state index contributed by atoms with van der Waals surface area (Å²) >= 11 is 0. The fourth-order valence-corrected chi connectivity index (χ4v) is 2.53. The monoisotopic (exact) mass is 261 g/mol. The molecule has 2 unspecified atom stereocenters. The van der Waals surface area contributed by atoms with E-state index in [1.54, 1.807) is 4.90 Å². The fraction of sp³-hybridized carbons (Fsp3) is 0.467. The van der Waals surface area contributed by atoms with Gasteiger partial charge in [0.25, 0.3) is 0 Å². The predicted octanol–water partition coefficient (Wildman–Crippen LogP) is 2.77. The van der Waals surface area contributed by atoms with E-state index < -0.39 is 0 Å². The lowest BCUT2D eigenvalue weighted by Crippen LogP contribution is -2.50. The van der Waals surface area contributed by atoms with Crippen molar-refractivity contribution in [2.24, 2.45) is 0 Å². The van der Waals surface area contributed by atoms with E-state index in [1.807, 2.05) is 44.2 Å². The van der Waals surface area contributed by atoms with Crippen LogP contribution in [0, 0.1) is 0 Å². The smallest absolute Gasteiger partial charge is 0.410 e. The second-order valence-electron chi connectivity index (χ2n) is 5.09. The molecule has 1 aliphatic rings. The van der Waals surface area contributed by atoms with Gasteiger partial charge in [-0.3, -0.25) is 4.79 Å². The molecule has 0 radical (unpaired) electrons. The van der Waals surface area contributed by atoms with Crippen molar-refractivity contribution in [3.05, 3.63) is 35.9 Å². The molecule has 2 atom stereocenters. The standard InChI is InChI=1S/C15H19NO3/c1-11-8-14(17)9-12(2)16(11)15(18)19-10-13-6-4-3-5-7-13/h3-7,11-12H,8-10H2,1-2H3. The molecule has 1 aromatic rings. The summed E-state index contributed by atoms with van der Waals surface area (Å²) in [6.45, 7) is 4.04. The molecule has 4 nitrogen and oxygen atoms in total. The fourth-order valence-electron chi connectivity index (χ4n) is 2.53. The van der Waals surface area contributed by atoms with E-state index in [4.69, 9.17) is 4.74 Å². The Hall–Kier alpha value is -1.84. The van der Waals surface area contributed by atoms with Crippen molar-refractivity contribution in [2.45, 2.75) is 45.4 Å². The van der Waals surface area contributed by atoms with Gasteiger partial charge in [0.2, 0.25) is 0 Å². The molecule has 1 fully saturated rings. The molecule has 1 aliphatic heterocycles. The van der Waals surface area contributed by atoms with Crippen LogP contribution in [0.1, 0.15) is 32.3 Å². The van der Waals surface area contributed by atoms with Crippen molar-refractivity contribution >= 4 is 11.9 Å². The first-order valence-corrected chi connectivity index (χ1v) is 6.58. The first kappa shape index (κ1) is 13.6. The third-order valence-corrected chi connectivity index (χ3v) is 3.41. The number of benzene rings is 1. The van der Waals surface area contributed by atoms with Crippen LogP contribution in [0.15, 0.2) is 30.3 Å². The van der Waals surface area contributed by atoms with Gasteiger partial charge in [0.15, 0.2) is 0 Å².